The number of aliphatic carboxylic acids is 1. The number of nitrogens with one attached hydrogen (secondary N) is 1. The molecule has 1 atom stereocenters. The summed E-state index contributed by atoms with van der Waals surface area (Å²) in [7, 11) is -4.23. The number of halogens is 1. The maximum absolute atomic E-state index is 13.6. The van der Waals surface area contributed by atoms with E-state index in [1.54, 1.807) is 6.92 Å². The Hall–Kier alpha value is -2.00. The number of benzene rings is 1. The van der Waals surface area contributed by atoms with Crippen LogP contribution >= 0.6 is 0 Å². The Morgan fingerprint density at radius 2 is 1.96 bits per heavy atom. The number of carbonyl (C=O) groups excluding carboxylic acids is 1. The van der Waals surface area contributed by atoms with Crippen molar-refractivity contribution in [3.05, 3.63) is 30.1 Å². The van der Waals surface area contributed by atoms with Crippen LogP contribution in [0.25, 0.3) is 0 Å². The van der Waals surface area contributed by atoms with Crippen molar-refractivity contribution in [1.82, 2.24) is 9.62 Å². The van der Waals surface area contributed by atoms with E-state index in [2.05, 4.69) is 4.72 Å². The fraction of sp³-hybridized carbons (Fsp3) is 0.429. The van der Waals surface area contributed by atoms with E-state index in [1.165, 1.54) is 19.1 Å². The Morgan fingerprint density at radius 3 is 2.48 bits per heavy atom. The van der Waals surface area contributed by atoms with Gasteiger partial charge in [0.2, 0.25) is 15.9 Å². The van der Waals surface area contributed by atoms with Crippen LogP contribution in [-0.4, -0.2) is 49.4 Å². The number of carboxylic acids is 1. The molecule has 0 bridgehead atoms. The zero-order chi connectivity index (χ0) is 17.6. The number of carbonyl (C=O) groups is 2. The molecule has 1 amide bonds. The highest BCUT2D eigenvalue weighted by Crippen LogP contribution is 2.14. The molecule has 0 fully saturated rings. The van der Waals surface area contributed by atoms with Gasteiger partial charge in [0.25, 0.3) is 0 Å². The highest BCUT2D eigenvalue weighted by Gasteiger charge is 2.28. The summed E-state index contributed by atoms with van der Waals surface area (Å²) in [6.45, 7) is 2.69. The second kappa shape index (κ2) is 8.02. The molecular weight excluding hydrogens is 327 g/mol. The molecule has 1 unspecified atom stereocenters. The summed E-state index contributed by atoms with van der Waals surface area (Å²) in [5.74, 6) is -2.82. The molecule has 0 spiro atoms. The molecule has 0 aliphatic heterocycles. The monoisotopic (exact) mass is 346 g/mol. The molecule has 0 aliphatic carbocycles. The van der Waals surface area contributed by atoms with Crippen LogP contribution in [0.2, 0.25) is 0 Å². The maximum atomic E-state index is 13.6. The van der Waals surface area contributed by atoms with Crippen LogP contribution in [0.1, 0.15) is 20.3 Å². The summed E-state index contributed by atoms with van der Waals surface area (Å²) in [4.78, 5) is 23.5. The molecule has 0 radical (unpaired) electrons. The number of carboxylic acid groups (broad SMARTS) is 1. The first-order chi connectivity index (χ1) is 10.7. The third-order valence-corrected chi connectivity index (χ3v) is 4.53. The number of amides is 1. The average molecular weight is 346 g/mol. The normalized spacial score (nSPS) is 12.7. The lowest BCUT2D eigenvalue weighted by Crippen LogP contribution is -2.48. The topological polar surface area (TPSA) is 104 Å². The van der Waals surface area contributed by atoms with E-state index in [4.69, 9.17) is 5.11 Å². The molecule has 1 aromatic rings. The number of hydrogen-bond acceptors (Lipinski definition) is 4. The predicted octanol–water partition coefficient (Wildman–Crippen LogP) is 0.816. The van der Waals surface area contributed by atoms with Crippen LogP contribution in [0.5, 0.6) is 0 Å². The van der Waals surface area contributed by atoms with Gasteiger partial charge in [0.05, 0.1) is 6.04 Å². The lowest BCUT2D eigenvalue weighted by atomic mass is 10.3. The van der Waals surface area contributed by atoms with Gasteiger partial charge in [-0.05, 0) is 25.5 Å². The lowest BCUT2D eigenvalue weighted by molar-refractivity contribution is -0.145. The quantitative estimate of drug-likeness (QED) is 0.725. The van der Waals surface area contributed by atoms with Crippen LogP contribution in [-0.2, 0) is 19.6 Å². The van der Waals surface area contributed by atoms with E-state index in [0.29, 0.717) is 6.42 Å². The molecule has 0 aliphatic rings. The number of rotatable bonds is 8. The van der Waals surface area contributed by atoms with E-state index >= 15 is 0 Å². The third-order valence-electron chi connectivity index (χ3n) is 2.96. The van der Waals surface area contributed by atoms with E-state index in [1.807, 2.05) is 0 Å². The fourth-order valence-corrected chi connectivity index (χ4v) is 3.26. The van der Waals surface area contributed by atoms with Gasteiger partial charge < -0.3 is 10.0 Å². The van der Waals surface area contributed by atoms with Crippen LogP contribution in [0.15, 0.2) is 29.2 Å². The Bertz CT molecular complexity index is 678. The number of sulfonamides is 1. The number of hydrogen-bond donors (Lipinski definition) is 2. The van der Waals surface area contributed by atoms with Gasteiger partial charge in [-0.2, -0.15) is 4.72 Å². The molecule has 0 heterocycles. The minimum absolute atomic E-state index is 0.177. The van der Waals surface area contributed by atoms with Crippen molar-refractivity contribution in [3.8, 4) is 0 Å². The molecule has 0 aromatic heterocycles. The van der Waals surface area contributed by atoms with E-state index < -0.39 is 45.2 Å². The zero-order valence-corrected chi connectivity index (χ0v) is 13.6. The van der Waals surface area contributed by atoms with Crippen LogP contribution in [0, 0.1) is 5.82 Å². The minimum atomic E-state index is -4.23. The Labute approximate surface area is 134 Å². The van der Waals surface area contributed by atoms with Crippen molar-refractivity contribution in [2.45, 2.75) is 31.2 Å². The largest absolute Gasteiger partial charge is 0.480 e. The summed E-state index contributed by atoms with van der Waals surface area (Å²) in [6.07, 6.45) is 0.520. The molecule has 0 saturated carbocycles. The van der Waals surface area contributed by atoms with Crippen molar-refractivity contribution < 1.29 is 27.5 Å². The average Bonchev–Trinajstić information content (AvgIpc) is 2.45. The maximum Gasteiger partial charge on any atom is 0.323 e. The van der Waals surface area contributed by atoms with Gasteiger partial charge in [-0.3, -0.25) is 9.59 Å². The van der Waals surface area contributed by atoms with Crippen molar-refractivity contribution in [1.29, 1.82) is 0 Å². The smallest absolute Gasteiger partial charge is 0.323 e. The van der Waals surface area contributed by atoms with Crippen molar-refractivity contribution in [2.75, 3.05) is 13.1 Å². The standard InChI is InChI=1S/C14H19FN2O5S/c1-3-8-17(9-13(18)19)14(20)10(2)16-23(21,22)12-7-5-4-6-11(12)15/h4-7,10,16H,3,8-9H2,1-2H3,(H,18,19). The highest BCUT2D eigenvalue weighted by molar-refractivity contribution is 7.89. The second-order valence-electron chi connectivity index (χ2n) is 4.93. The molecule has 1 rings (SSSR count). The van der Waals surface area contributed by atoms with Gasteiger partial charge >= 0.3 is 5.97 Å². The molecule has 0 saturated heterocycles. The van der Waals surface area contributed by atoms with Gasteiger partial charge in [0.15, 0.2) is 0 Å². The van der Waals surface area contributed by atoms with Crippen molar-refractivity contribution >= 4 is 21.9 Å². The fourth-order valence-electron chi connectivity index (χ4n) is 1.98. The Morgan fingerprint density at radius 1 is 1.35 bits per heavy atom. The number of nitrogens with zero attached hydrogens (tertiary/aromatic N) is 1. The SMILES string of the molecule is CCCN(CC(=O)O)C(=O)C(C)NS(=O)(=O)c1ccccc1F. The first kappa shape index (κ1) is 19.0. The van der Waals surface area contributed by atoms with E-state index in [-0.39, 0.29) is 6.54 Å². The molecule has 128 valence electrons. The van der Waals surface area contributed by atoms with Crippen molar-refractivity contribution in [3.63, 3.8) is 0 Å². The van der Waals surface area contributed by atoms with Crippen LogP contribution in [0.4, 0.5) is 4.39 Å². The first-order valence-corrected chi connectivity index (χ1v) is 8.44. The third kappa shape index (κ3) is 5.29. The molecule has 7 nitrogen and oxygen atoms in total. The molecule has 9 heteroatoms. The lowest BCUT2D eigenvalue weighted by Gasteiger charge is -2.24. The minimum Gasteiger partial charge on any atom is -0.480 e. The summed E-state index contributed by atoms with van der Waals surface area (Å²) in [5.41, 5.74) is 0. The molecular formula is C14H19FN2O5S. The van der Waals surface area contributed by atoms with Gasteiger partial charge in [0.1, 0.15) is 17.3 Å². The van der Waals surface area contributed by atoms with Crippen LogP contribution < -0.4 is 4.72 Å². The van der Waals surface area contributed by atoms with Gasteiger partial charge in [-0.15, -0.1) is 0 Å². The molecule has 2 N–H and O–H groups in total. The summed E-state index contributed by atoms with van der Waals surface area (Å²) >= 11 is 0. The highest BCUT2D eigenvalue weighted by atomic mass is 32.2. The first-order valence-electron chi connectivity index (χ1n) is 6.96. The predicted molar refractivity (Wildman–Crippen MR) is 80.7 cm³/mol. The van der Waals surface area contributed by atoms with E-state index in [9.17, 15) is 22.4 Å². The second-order valence-corrected chi connectivity index (χ2v) is 6.61. The summed E-state index contributed by atoms with van der Waals surface area (Å²) in [5, 5.41) is 8.81. The summed E-state index contributed by atoms with van der Waals surface area (Å²) < 4.78 is 39.9. The van der Waals surface area contributed by atoms with E-state index in [0.717, 1.165) is 17.0 Å². The molecule has 23 heavy (non-hydrogen) atoms. The van der Waals surface area contributed by atoms with Gasteiger partial charge in [-0.25, -0.2) is 12.8 Å². The van der Waals surface area contributed by atoms with Gasteiger partial charge in [0, 0.05) is 6.54 Å². The van der Waals surface area contributed by atoms with Gasteiger partial charge in [-0.1, -0.05) is 19.1 Å². The zero-order valence-electron chi connectivity index (χ0n) is 12.8. The summed E-state index contributed by atoms with van der Waals surface area (Å²) in [6, 6.07) is 3.56. The Kier molecular flexibility index (Phi) is 6.64. The van der Waals surface area contributed by atoms with Crippen molar-refractivity contribution in [2.24, 2.45) is 0 Å². The Balaban J connectivity index is 2.92. The van der Waals surface area contributed by atoms with Crippen LogP contribution in [0.3, 0.4) is 0 Å². The molecule has 1 aromatic carbocycles.